The Bertz CT molecular complexity index is 1030. The molecule has 0 N–H and O–H groups in total. The van der Waals surface area contributed by atoms with Crippen molar-refractivity contribution in [1.82, 2.24) is 15.1 Å². The van der Waals surface area contributed by atoms with Gasteiger partial charge in [-0.25, -0.2) is 0 Å². The van der Waals surface area contributed by atoms with Gasteiger partial charge in [0.25, 0.3) is 5.89 Å². The number of hydrogen-bond donors (Lipinski definition) is 0. The number of nitrogens with zero attached hydrogens (tertiary/aromatic N) is 4. The molecule has 0 aliphatic carbocycles. The molecular weight excluding hydrogens is 364 g/mol. The standard InChI is InChI=1S/C23H24N4O2/c1-3-17-13-18(10-11-19(17)15-28)22-24-23(29-26-22)21-14-20(27(4-2)25-21)12-16-8-6-5-7-9-16/h5-11,13,15,20H,3-4,12,14H2,1-2H3. The van der Waals surface area contributed by atoms with E-state index in [-0.39, 0.29) is 6.04 Å². The molecule has 2 aromatic carbocycles. The number of hydrogen-bond acceptors (Lipinski definition) is 6. The van der Waals surface area contributed by atoms with E-state index >= 15 is 0 Å². The molecule has 1 atom stereocenters. The van der Waals surface area contributed by atoms with Gasteiger partial charge in [0.2, 0.25) is 5.82 Å². The van der Waals surface area contributed by atoms with Crippen LogP contribution in [-0.4, -0.2) is 39.7 Å². The molecule has 3 aromatic rings. The molecule has 6 nitrogen and oxygen atoms in total. The Morgan fingerprint density at radius 3 is 2.72 bits per heavy atom. The molecule has 0 fully saturated rings. The Morgan fingerprint density at radius 2 is 2.00 bits per heavy atom. The topological polar surface area (TPSA) is 71.6 Å². The molecule has 0 saturated carbocycles. The van der Waals surface area contributed by atoms with Crippen molar-refractivity contribution in [2.75, 3.05) is 6.54 Å². The van der Waals surface area contributed by atoms with E-state index in [0.717, 1.165) is 48.9 Å². The second-order valence-electron chi connectivity index (χ2n) is 7.16. The fraction of sp³-hybridized carbons (Fsp3) is 0.304. The summed E-state index contributed by atoms with van der Waals surface area (Å²) in [6, 6.07) is 16.3. The number of aromatic nitrogens is 2. The Morgan fingerprint density at radius 1 is 1.17 bits per heavy atom. The highest BCUT2D eigenvalue weighted by atomic mass is 16.5. The van der Waals surface area contributed by atoms with Crippen LogP contribution in [0.4, 0.5) is 0 Å². The molecule has 1 aliphatic rings. The summed E-state index contributed by atoms with van der Waals surface area (Å²) < 4.78 is 5.54. The van der Waals surface area contributed by atoms with E-state index in [1.54, 1.807) is 6.07 Å². The van der Waals surface area contributed by atoms with Crippen molar-refractivity contribution < 1.29 is 9.32 Å². The van der Waals surface area contributed by atoms with Crippen LogP contribution >= 0.6 is 0 Å². The van der Waals surface area contributed by atoms with Crippen LogP contribution in [-0.2, 0) is 12.8 Å². The first-order chi connectivity index (χ1) is 14.2. The first-order valence-corrected chi connectivity index (χ1v) is 10.0. The fourth-order valence-electron chi connectivity index (χ4n) is 3.75. The lowest BCUT2D eigenvalue weighted by molar-refractivity contribution is 0.112. The van der Waals surface area contributed by atoms with Gasteiger partial charge in [0.05, 0.1) is 6.04 Å². The van der Waals surface area contributed by atoms with Crippen LogP contribution in [0.3, 0.4) is 0 Å². The Hall–Kier alpha value is -3.28. The van der Waals surface area contributed by atoms with Gasteiger partial charge in [0.15, 0.2) is 0 Å². The molecule has 6 heteroatoms. The highest BCUT2D eigenvalue weighted by Gasteiger charge is 2.29. The van der Waals surface area contributed by atoms with Gasteiger partial charge in [-0.1, -0.05) is 54.5 Å². The number of aldehydes is 1. The minimum absolute atomic E-state index is 0.284. The number of carbonyl (C=O) groups excluding carboxylic acids is 1. The third kappa shape index (κ3) is 3.97. The smallest absolute Gasteiger partial charge is 0.274 e. The molecule has 29 heavy (non-hydrogen) atoms. The summed E-state index contributed by atoms with van der Waals surface area (Å²) in [4.78, 5) is 15.7. The summed E-state index contributed by atoms with van der Waals surface area (Å²) in [6.07, 6.45) is 3.35. The van der Waals surface area contributed by atoms with Crippen molar-refractivity contribution >= 4 is 12.0 Å². The fourth-order valence-corrected chi connectivity index (χ4v) is 3.75. The summed E-state index contributed by atoms with van der Waals surface area (Å²) in [6.45, 7) is 4.95. The molecule has 148 valence electrons. The first kappa shape index (κ1) is 19.1. The summed E-state index contributed by atoms with van der Waals surface area (Å²) in [5.41, 5.74) is 4.63. The largest absolute Gasteiger partial charge is 0.332 e. The molecule has 1 unspecified atom stereocenters. The predicted octanol–water partition coefficient (Wildman–Crippen LogP) is 4.15. The average molecular weight is 388 g/mol. The monoisotopic (exact) mass is 388 g/mol. The van der Waals surface area contributed by atoms with E-state index in [2.05, 4.69) is 46.3 Å². The van der Waals surface area contributed by atoms with Crippen molar-refractivity contribution in [2.24, 2.45) is 5.10 Å². The second-order valence-corrected chi connectivity index (χ2v) is 7.16. The second kappa shape index (κ2) is 8.39. The number of likely N-dealkylation sites (N-methyl/N-ethyl adjacent to an activating group) is 1. The van der Waals surface area contributed by atoms with Gasteiger partial charge < -0.3 is 4.52 Å². The number of benzene rings is 2. The first-order valence-electron chi connectivity index (χ1n) is 10.0. The van der Waals surface area contributed by atoms with Gasteiger partial charge >= 0.3 is 0 Å². The van der Waals surface area contributed by atoms with Gasteiger partial charge in [-0.2, -0.15) is 10.1 Å². The van der Waals surface area contributed by atoms with Gasteiger partial charge in [-0.05, 0) is 37.0 Å². The Kier molecular flexibility index (Phi) is 5.51. The Labute approximate surface area is 170 Å². The lowest BCUT2D eigenvalue weighted by Gasteiger charge is -2.21. The zero-order valence-electron chi connectivity index (χ0n) is 16.7. The molecule has 0 spiro atoms. The summed E-state index contributed by atoms with van der Waals surface area (Å²) in [5.74, 6) is 0.982. The van der Waals surface area contributed by atoms with Crippen LogP contribution in [0.2, 0.25) is 0 Å². The number of rotatable bonds is 7. The van der Waals surface area contributed by atoms with E-state index < -0.39 is 0 Å². The maximum Gasteiger partial charge on any atom is 0.274 e. The van der Waals surface area contributed by atoms with Crippen LogP contribution in [0.25, 0.3) is 11.4 Å². The normalized spacial score (nSPS) is 16.1. The number of aryl methyl sites for hydroxylation is 1. The van der Waals surface area contributed by atoms with Crippen LogP contribution < -0.4 is 0 Å². The molecule has 0 radical (unpaired) electrons. The van der Waals surface area contributed by atoms with E-state index in [0.29, 0.717) is 17.3 Å². The molecule has 0 amide bonds. The SMILES string of the molecule is CCc1cc(-c2noc(C3=NN(CC)C(Cc4ccccc4)C3)n2)ccc1C=O. The minimum atomic E-state index is 0.284. The lowest BCUT2D eigenvalue weighted by atomic mass is 10.0. The van der Waals surface area contributed by atoms with Crippen molar-refractivity contribution in [3.63, 3.8) is 0 Å². The number of hydrazone groups is 1. The predicted molar refractivity (Wildman–Crippen MR) is 112 cm³/mol. The van der Waals surface area contributed by atoms with Crippen LogP contribution in [0, 0.1) is 0 Å². The Balaban J connectivity index is 1.54. The van der Waals surface area contributed by atoms with E-state index in [1.807, 2.05) is 25.1 Å². The summed E-state index contributed by atoms with van der Waals surface area (Å²) in [7, 11) is 0. The molecule has 1 aliphatic heterocycles. The molecule has 2 heterocycles. The van der Waals surface area contributed by atoms with Crippen molar-refractivity contribution in [3.05, 3.63) is 71.1 Å². The zero-order valence-corrected chi connectivity index (χ0v) is 16.7. The molecule has 0 bridgehead atoms. The van der Waals surface area contributed by atoms with Crippen LogP contribution in [0.5, 0.6) is 0 Å². The van der Waals surface area contributed by atoms with Gasteiger partial charge in [0, 0.05) is 24.1 Å². The molecule has 1 aromatic heterocycles. The number of carbonyl (C=O) groups is 1. The third-order valence-corrected chi connectivity index (χ3v) is 5.32. The van der Waals surface area contributed by atoms with E-state index in [4.69, 9.17) is 9.62 Å². The zero-order chi connectivity index (χ0) is 20.2. The lowest BCUT2D eigenvalue weighted by Crippen LogP contribution is -2.28. The van der Waals surface area contributed by atoms with Gasteiger partial charge in [0.1, 0.15) is 12.0 Å². The molecule has 4 rings (SSSR count). The molecule has 0 saturated heterocycles. The van der Waals surface area contributed by atoms with Crippen molar-refractivity contribution in [3.8, 4) is 11.4 Å². The summed E-state index contributed by atoms with van der Waals surface area (Å²) in [5, 5.41) is 11.0. The quantitative estimate of drug-likeness (QED) is 0.569. The van der Waals surface area contributed by atoms with E-state index in [9.17, 15) is 4.79 Å². The van der Waals surface area contributed by atoms with Crippen molar-refractivity contribution in [2.45, 2.75) is 39.2 Å². The maximum absolute atomic E-state index is 11.2. The highest BCUT2D eigenvalue weighted by Crippen LogP contribution is 2.25. The van der Waals surface area contributed by atoms with Crippen LogP contribution in [0.15, 0.2) is 58.2 Å². The average Bonchev–Trinajstić information content (AvgIpc) is 3.41. The maximum atomic E-state index is 11.2. The highest BCUT2D eigenvalue weighted by molar-refractivity contribution is 5.98. The van der Waals surface area contributed by atoms with Gasteiger partial charge in [-0.3, -0.25) is 9.80 Å². The molecular formula is C23H24N4O2. The third-order valence-electron chi connectivity index (χ3n) is 5.32. The van der Waals surface area contributed by atoms with Crippen LogP contribution in [0.1, 0.15) is 47.6 Å². The van der Waals surface area contributed by atoms with Crippen molar-refractivity contribution in [1.29, 1.82) is 0 Å². The summed E-state index contributed by atoms with van der Waals surface area (Å²) >= 11 is 0. The van der Waals surface area contributed by atoms with E-state index in [1.165, 1.54) is 5.56 Å². The van der Waals surface area contributed by atoms with Gasteiger partial charge in [-0.15, -0.1) is 0 Å². The minimum Gasteiger partial charge on any atom is -0.332 e.